The van der Waals surface area contributed by atoms with Gasteiger partial charge in [0.25, 0.3) is 0 Å². The highest BCUT2D eigenvalue weighted by Gasteiger charge is 2.49. The maximum Gasteiger partial charge on any atom is 0.341 e. The number of aryl methyl sites for hydroxylation is 1. The number of amides is 1. The monoisotopic (exact) mass is 528 g/mol. The summed E-state index contributed by atoms with van der Waals surface area (Å²) in [6, 6.07) is 5.09. The van der Waals surface area contributed by atoms with Crippen LogP contribution in [0.4, 0.5) is 5.00 Å². The molecule has 0 radical (unpaired) electrons. The van der Waals surface area contributed by atoms with E-state index in [1.807, 2.05) is 12.1 Å². The van der Waals surface area contributed by atoms with Gasteiger partial charge in [-0.15, -0.1) is 11.3 Å². The number of hydrogen-bond acceptors (Lipinski definition) is 8. The van der Waals surface area contributed by atoms with Crippen molar-refractivity contribution < 1.29 is 29.3 Å². The van der Waals surface area contributed by atoms with Gasteiger partial charge in [0, 0.05) is 23.4 Å². The highest BCUT2D eigenvalue weighted by Crippen LogP contribution is 2.50. The van der Waals surface area contributed by atoms with E-state index < -0.39 is 11.6 Å². The van der Waals surface area contributed by atoms with Crippen LogP contribution in [0.2, 0.25) is 0 Å². The van der Waals surface area contributed by atoms with Gasteiger partial charge in [-0.25, -0.2) is 4.79 Å². The molecule has 2 fully saturated rings. The molecule has 5 rings (SSSR count). The number of nitrogens with zero attached hydrogens (tertiary/aromatic N) is 1. The van der Waals surface area contributed by atoms with Crippen molar-refractivity contribution >= 4 is 28.2 Å². The van der Waals surface area contributed by atoms with Crippen LogP contribution in [0.15, 0.2) is 18.2 Å². The van der Waals surface area contributed by atoms with E-state index in [2.05, 4.69) is 10.2 Å². The minimum Gasteiger partial charge on any atom is -0.504 e. The molecule has 3 atom stereocenters. The number of likely N-dealkylation sites (tertiary alicyclic amines) is 1. The number of aromatic hydroxyl groups is 1. The predicted molar refractivity (Wildman–Crippen MR) is 141 cm³/mol. The lowest BCUT2D eigenvalue weighted by molar-refractivity contribution is -0.135. The average Bonchev–Trinajstić information content (AvgIpc) is 3.26. The Morgan fingerprint density at radius 1 is 1.16 bits per heavy atom. The second kappa shape index (κ2) is 10.6. The molecule has 8 nitrogen and oxygen atoms in total. The third-order valence-electron chi connectivity index (χ3n) is 8.38. The van der Waals surface area contributed by atoms with E-state index in [-0.39, 0.29) is 30.2 Å². The summed E-state index contributed by atoms with van der Waals surface area (Å²) in [5.74, 6) is -0.201. The number of methoxy groups -OCH3 is 2. The van der Waals surface area contributed by atoms with Crippen LogP contribution in [0.1, 0.15) is 77.3 Å². The van der Waals surface area contributed by atoms with Gasteiger partial charge >= 0.3 is 5.97 Å². The van der Waals surface area contributed by atoms with E-state index in [0.717, 1.165) is 67.4 Å². The molecule has 0 spiro atoms. The van der Waals surface area contributed by atoms with E-state index in [0.29, 0.717) is 29.3 Å². The lowest BCUT2D eigenvalue weighted by atomic mass is 9.66. The molecule has 1 aliphatic heterocycles. The number of anilines is 1. The molecule has 1 aromatic heterocycles. The van der Waals surface area contributed by atoms with Crippen LogP contribution in [-0.4, -0.2) is 59.9 Å². The Morgan fingerprint density at radius 2 is 1.97 bits per heavy atom. The fourth-order valence-electron chi connectivity index (χ4n) is 6.56. The van der Waals surface area contributed by atoms with Crippen LogP contribution < -0.4 is 10.1 Å². The van der Waals surface area contributed by atoms with Gasteiger partial charge < -0.3 is 25.0 Å². The maximum absolute atomic E-state index is 13.4. The Labute approximate surface area is 221 Å². The van der Waals surface area contributed by atoms with Gasteiger partial charge in [0.05, 0.1) is 31.9 Å². The molecule has 2 aromatic rings. The number of fused-ring (bicyclic) bond motifs is 2. The molecule has 9 heteroatoms. The van der Waals surface area contributed by atoms with Crippen LogP contribution in [0, 0.1) is 5.92 Å². The first-order valence-corrected chi connectivity index (χ1v) is 14.0. The van der Waals surface area contributed by atoms with Crippen LogP contribution in [-0.2, 0) is 22.4 Å². The molecule has 2 aliphatic carbocycles. The highest BCUT2D eigenvalue weighted by molar-refractivity contribution is 7.17. The lowest BCUT2D eigenvalue weighted by Gasteiger charge is -2.52. The Bertz CT molecular complexity index is 1180. The number of benzene rings is 1. The molecule has 3 aliphatic rings. The van der Waals surface area contributed by atoms with Gasteiger partial charge in [0.2, 0.25) is 5.91 Å². The molecule has 3 N–H and O–H groups in total. The van der Waals surface area contributed by atoms with Crippen molar-refractivity contribution in [2.45, 2.75) is 69.4 Å². The fourth-order valence-corrected chi connectivity index (χ4v) is 7.86. The summed E-state index contributed by atoms with van der Waals surface area (Å²) < 4.78 is 10.4. The molecular weight excluding hydrogens is 492 g/mol. The third-order valence-corrected chi connectivity index (χ3v) is 9.58. The summed E-state index contributed by atoms with van der Waals surface area (Å²) in [7, 11) is 2.89. The first-order valence-electron chi connectivity index (χ1n) is 13.2. The van der Waals surface area contributed by atoms with E-state index in [9.17, 15) is 19.8 Å². The zero-order valence-corrected chi connectivity index (χ0v) is 22.4. The number of thiophene rings is 1. The number of piperidine rings is 1. The van der Waals surface area contributed by atoms with Gasteiger partial charge in [-0.05, 0) is 68.2 Å². The fraction of sp³-hybridized carbons (Fsp3) is 0.571. The van der Waals surface area contributed by atoms with Crippen LogP contribution in [0.3, 0.4) is 0 Å². The van der Waals surface area contributed by atoms with E-state index in [1.54, 1.807) is 6.07 Å². The molecule has 1 amide bonds. The first-order chi connectivity index (χ1) is 17.8. The summed E-state index contributed by atoms with van der Waals surface area (Å²) in [5.41, 5.74) is 1.65. The average molecular weight is 529 g/mol. The number of esters is 1. The zero-order chi connectivity index (χ0) is 26.2. The molecule has 0 bridgehead atoms. The Kier molecular flexibility index (Phi) is 7.47. The molecule has 1 saturated heterocycles. The summed E-state index contributed by atoms with van der Waals surface area (Å²) in [5, 5.41) is 25.3. The second-order valence-corrected chi connectivity index (χ2v) is 11.6. The summed E-state index contributed by atoms with van der Waals surface area (Å²) >= 11 is 1.48. The second-order valence-electron chi connectivity index (χ2n) is 10.5. The van der Waals surface area contributed by atoms with Gasteiger partial charge in [0.1, 0.15) is 5.00 Å². The largest absolute Gasteiger partial charge is 0.504 e. The zero-order valence-electron chi connectivity index (χ0n) is 21.5. The molecule has 1 aromatic carbocycles. The topological polar surface area (TPSA) is 108 Å². The molecule has 2 heterocycles. The molecule has 37 heavy (non-hydrogen) atoms. The van der Waals surface area contributed by atoms with Crippen molar-refractivity contribution in [1.29, 1.82) is 0 Å². The van der Waals surface area contributed by atoms with Crippen molar-refractivity contribution in [1.82, 2.24) is 4.90 Å². The number of nitrogens with one attached hydrogen (secondary N) is 1. The van der Waals surface area contributed by atoms with Crippen LogP contribution in [0.5, 0.6) is 11.5 Å². The number of phenolic OH excluding ortho intramolecular Hbond substituents is 1. The Balaban J connectivity index is 1.42. The summed E-state index contributed by atoms with van der Waals surface area (Å²) in [6.07, 6.45) is 8.10. The smallest absolute Gasteiger partial charge is 0.341 e. The standard InChI is InChI=1S/C28H36N2O6S/c1-35-21-15-17(10-11-20(21)31)25-19-8-5-6-12-28(19,34)13-14-30(25)16-23(32)29-26-24(27(33)36-2)18-7-3-4-9-22(18)37-26/h10-11,15,19,25,31,34H,3-9,12-14,16H2,1-2H3,(H,29,32)/t19-,25-,28-/m1/s1. The molecular formula is C28H36N2O6S. The van der Waals surface area contributed by atoms with Crippen molar-refractivity contribution in [3.63, 3.8) is 0 Å². The molecule has 1 saturated carbocycles. The molecule has 0 unspecified atom stereocenters. The Hall–Kier alpha value is -2.62. The lowest BCUT2D eigenvalue weighted by Crippen LogP contribution is -2.56. The first kappa shape index (κ1) is 26.0. The van der Waals surface area contributed by atoms with Gasteiger partial charge in [-0.3, -0.25) is 9.69 Å². The van der Waals surface area contributed by atoms with Crippen LogP contribution in [0.25, 0.3) is 0 Å². The minimum atomic E-state index is -0.772. The third kappa shape index (κ3) is 4.96. The number of aliphatic hydroxyl groups is 1. The quantitative estimate of drug-likeness (QED) is 0.476. The number of carbonyl (C=O) groups excluding carboxylic acids is 2. The van der Waals surface area contributed by atoms with Crippen LogP contribution >= 0.6 is 11.3 Å². The van der Waals surface area contributed by atoms with Crippen molar-refractivity contribution in [3.05, 3.63) is 39.8 Å². The summed E-state index contributed by atoms with van der Waals surface area (Å²) in [4.78, 5) is 29.3. The SMILES string of the molecule is COC(=O)c1c(NC(=O)CN2CC[C@]3(O)CCCC[C@@H]3[C@H]2c2ccc(O)c(OC)c2)sc2c1CCCC2. The number of ether oxygens (including phenoxy) is 2. The van der Waals surface area contributed by atoms with Crippen molar-refractivity contribution in [3.8, 4) is 11.5 Å². The maximum atomic E-state index is 13.4. The van der Waals surface area contributed by atoms with Crippen molar-refractivity contribution in [2.75, 3.05) is 32.6 Å². The number of rotatable bonds is 6. The summed E-state index contributed by atoms with van der Waals surface area (Å²) in [6.45, 7) is 0.697. The van der Waals surface area contributed by atoms with E-state index in [4.69, 9.17) is 9.47 Å². The number of hydrogen-bond donors (Lipinski definition) is 3. The number of carbonyl (C=O) groups is 2. The number of phenols is 1. The van der Waals surface area contributed by atoms with Gasteiger partial charge in [0.15, 0.2) is 11.5 Å². The van der Waals surface area contributed by atoms with Gasteiger partial charge in [-0.1, -0.05) is 18.9 Å². The van der Waals surface area contributed by atoms with E-state index in [1.165, 1.54) is 25.6 Å². The molecule has 200 valence electrons. The highest BCUT2D eigenvalue weighted by atomic mass is 32.1. The minimum absolute atomic E-state index is 0.0308. The van der Waals surface area contributed by atoms with Gasteiger partial charge in [-0.2, -0.15) is 0 Å². The normalized spacial score (nSPS) is 25.6. The van der Waals surface area contributed by atoms with Crippen molar-refractivity contribution in [2.24, 2.45) is 5.92 Å². The Morgan fingerprint density at radius 3 is 2.76 bits per heavy atom. The predicted octanol–water partition coefficient (Wildman–Crippen LogP) is 4.43. The van der Waals surface area contributed by atoms with E-state index >= 15 is 0 Å².